The molecule has 0 saturated heterocycles. The highest BCUT2D eigenvalue weighted by molar-refractivity contribution is 14.1. The highest BCUT2D eigenvalue weighted by atomic mass is 127. The van der Waals surface area contributed by atoms with Crippen molar-refractivity contribution in [3.05, 3.63) is 43.7 Å². The van der Waals surface area contributed by atoms with Gasteiger partial charge in [0.1, 0.15) is 0 Å². The van der Waals surface area contributed by atoms with Crippen LogP contribution in [0.4, 0.5) is 11.4 Å². The zero-order valence-corrected chi connectivity index (χ0v) is 46.7. The summed E-state index contributed by atoms with van der Waals surface area (Å²) in [5.74, 6) is -5.25. The molecule has 4 unspecified atom stereocenters. The van der Waals surface area contributed by atoms with E-state index >= 15 is 0 Å². The summed E-state index contributed by atoms with van der Waals surface area (Å²) in [6, 6.07) is 0. The molecule has 6 amide bonds. The number of rotatable bonds is 23. The van der Waals surface area contributed by atoms with Gasteiger partial charge in [0.2, 0.25) is 0 Å². The van der Waals surface area contributed by atoms with Gasteiger partial charge < -0.3 is 81.3 Å². The second-order valence-corrected chi connectivity index (χ2v) is 20.1. The first-order valence-corrected chi connectivity index (χ1v) is 25.0. The summed E-state index contributed by atoms with van der Waals surface area (Å²) in [5.41, 5.74) is -0.745. The number of nitrogens with zero attached hydrogens (tertiary/aromatic N) is 4. The van der Waals surface area contributed by atoms with E-state index < -0.39 is 99.5 Å². The van der Waals surface area contributed by atoms with Crippen LogP contribution < -0.4 is 10.6 Å². The van der Waals surface area contributed by atoms with E-state index in [2.05, 4.69) is 10.6 Å². The zero-order chi connectivity index (χ0) is 48.9. The van der Waals surface area contributed by atoms with E-state index in [1.165, 1.54) is 14.1 Å². The minimum atomic E-state index is -1.89. The van der Waals surface area contributed by atoms with Crippen molar-refractivity contribution in [2.45, 2.75) is 24.4 Å². The van der Waals surface area contributed by atoms with E-state index in [1.807, 2.05) is 0 Å². The Labute approximate surface area is 448 Å². The molecule has 358 valence electrons. The molecule has 0 aliphatic heterocycles. The van der Waals surface area contributed by atoms with E-state index in [4.69, 9.17) is 0 Å². The lowest BCUT2D eigenvalue weighted by atomic mass is 10.1. The number of carbonyl (C=O) groups is 6. The Kier molecular flexibility index (Phi) is 26.0. The van der Waals surface area contributed by atoms with E-state index in [0.29, 0.717) is 0 Å². The third kappa shape index (κ3) is 14.9. The van der Waals surface area contributed by atoms with Crippen molar-refractivity contribution in [2.75, 3.05) is 104 Å². The Morgan fingerprint density at radius 3 is 0.984 bits per heavy atom. The molecular weight excluding hydrogens is 1530 g/mol. The topological polar surface area (TPSA) is 342 Å². The molecular formula is C36H46I6N6O16. The predicted molar refractivity (Wildman–Crippen MR) is 279 cm³/mol. The SMILES string of the molecule is CN(CC(O)CO)C(=O)c1c(I)c(NC(=O)C(O)CO)c(I)c(C(=O)N(CCO)CCN(CCO)C(=O)c2c(I)c(NC(=O)C(O)CO)c(I)c(C(=O)N(C)CC(O)CO)c2I)c1I. The summed E-state index contributed by atoms with van der Waals surface area (Å²) in [6.07, 6.45) is -6.43. The molecule has 0 aromatic heterocycles. The fourth-order valence-corrected chi connectivity index (χ4v) is 14.3. The fraction of sp³-hybridized carbons (Fsp3) is 0.500. The highest BCUT2D eigenvalue weighted by Crippen LogP contribution is 2.39. The second kappa shape index (κ2) is 28.0. The third-order valence-electron chi connectivity index (χ3n) is 8.98. The number of aliphatic hydroxyl groups is 10. The lowest BCUT2D eigenvalue weighted by Gasteiger charge is -2.30. The molecule has 4 atom stereocenters. The van der Waals surface area contributed by atoms with Crippen LogP contribution in [-0.4, -0.2) is 224 Å². The van der Waals surface area contributed by atoms with Crippen LogP contribution in [0.2, 0.25) is 0 Å². The Hall–Kier alpha value is -0.760. The molecule has 0 aliphatic rings. The van der Waals surface area contributed by atoms with Crippen LogP contribution in [0.25, 0.3) is 0 Å². The number of benzene rings is 2. The van der Waals surface area contributed by atoms with Crippen molar-refractivity contribution in [1.29, 1.82) is 0 Å². The van der Waals surface area contributed by atoms with Crippen LogP contribution in [-0.2, 0) is 9.59 Å². The van der Waals surface area contributed by atoms with Crippen LogP contribution in [0.1, 0.15) is 41.4 Å². The Morgan fingerprint density at radius 1 is 0.453 bits per heavy atom. The van der Waals surface area contributed by atoms with Crippen molar-refractivity contribution in [3.8, 4) is 0 Å². The molecule has 0 radical (unpaired) electrons. The zero-order valence-electron chi connectivity index (χ0n) is 33.8. The van der Waals surface area contributed by atoms with Crippen LogP contribution in [0.15, 0.2) is 0 Å². The van der Waals surface area contributed by atoms with Crippen LogP contribution in [0.5, 0.6) is 0 Å². The Balaban J connectivity index is 2.82. The molecule has 12 N–H and O–H groups in total. The molecule has 0 heterocycles. The average Bonchev–Trinajstić information content (AvgIpc) is 3.26. The van der Waals surface area contributed by atoms with Crippen LogP contribution in [0, 0.1) is 21.4 Å². The molecule has 0 spiro atoms. The minimum Gasteiger partial charge on any atom is -0.395 e. The summed E-state index contributed by atoms with van der Waals surface area (Å²) < 4.78 is 0.512. The molecule has 2 aromatic carbocycles. The van der Waals surface area contributed by atoms with Gasteiger partial charge in [-0.05, 0) is 136 Å². The number of anilines is 2. The maximum Gasteiger partial charge on any atom is 0.256 e. The van der Waals surface area contributed by atoms with Gasteiger partial charge in [0, 0.05) is 60.5 Å². The van der Waals surface area contributed by atoms with Gasteiger partial charge in [0.25, 0.3) is 35.4 Å². The molecule has 0 bridgehead atoms. The summed E-state index contributed by atoms with van der Waals surface area (Å²) in [4.78, 5) is 87.2. The first kappa shape index (κ1) is 59.4. The van der Waals surface area contributed by atoms with Crippen LogP contribution in [0.3, 0.4) is 0 Å². The number of amides is 6. The molecule has 0 saturated carbocycles. The van der Waals surface area contributed by atoms with Gasteiger partial charge in [-0.25, -0.2) is 0 Å². The number of nitrogens with one attached hydrogen (secondary N) is 2. The lowest BCUT2D eigenvalue weighted by molar-refractivity contribution is -0.126. The molecule has 64 heavy (non-hydrogen) atoms. The van der Waals surface area contributed by atoms with Gasteiger partial charge in [-0.2, -0.15) is 0 Å². The van der Waals surface area contributed by atoms with Crippen molar-refractivity contribution in [1.82, 2.24) is 19.6 Å². The predicted octanol–water partition coefficient (Wildman–Crippen LogP) is -1.68. The first-order chi connectivity index (χ1) is 30.0. The smallest absolute Gasteiger partial charge is 0.256 e. The number of aliphatic hydroxyl groups excluding tert-OH is 10. The van der Waals surface area contributed by atoms with Gasteiger partial charge in [-0.15, -0.1) is 0 Å². The first-order valence-electron chi connectivity index (χ1n) is 18.5. The standard InChI is InChI=1S/C36H46I6N6O16/c1-45(9-15(55)11-51)33(61)19-23(37)21(27(41)29(25(19)39)43-31(59)17(57)13-53)35(63)47(5-7-49)3-4-48(6-8-50)36(64)22-24(38)20(34(62)46(2)10-16(56)12-52)26(40)30(28(22)42)44-32(60)18(58)14-54/h15-18,49-58H,3-14H2,1-2H3,(H,43,59)(H,44,60). The second-order valence-electron chi connectivity index (χ2n) is 13.6. The largest absolute Gasteiger partial charge is 0.395 e. The van der Waals surface area contributed by atoms with E-state index in [0.717, 1.165) is 19.6 Å². The van der Waals surface area contributed by atoms with E-state index in [9.17, 15) is 79.8 Å². The van der Waals surface area contributed by atoms with Crippen molar-refractivity contribution in [2.24, 2.45) is 0 Å². The van der Waals surface area contributed by atoms with Gasteiger partial charge in [0.05, 0.1) is 99.8 Å². The third-order valence-corrected chi connectivity index (χ3v) is 15.4. The fourth-order valence-electron chi connectivity index (χ4n) is 5.60. The monoisotopic (exact) mass is 1580 g/mol. The normalized spacial score (nSPS) is 13.1. The number of hydrogen-bond donors (Lipinski definition) is 12. The minimum absolute atomic E-state index is 0.0660. The molecule has 0 fully saturated rings. The summed E-state index contributed by atoms with van der Waals surface area (Å²) in [7, 11) is 2.66. The van der Waals surface area contributed by atoms with Crippen molar-refractivity contribution < 1.29 is 79.8 Å². The van der Waals surface area contributed by atoms with Crippen molar-refractivity contribution >= 4 is 182 Å². The maximum absolute atomic E-state index is 14.6. The lowest BCUT2D eigenvalue weighted by Crippen LogP contribution is -2.44. The summed E-state index contributed by atoms with van der Waals surface area (Å²) >= 11 is 10.5. The number of carbonyl (C=O) groups excluding carboxylic acids is 6. The van der Waals surface area contributed by atoms with Gasteiger partial charge in [-0.1, -0.05) is 0 Å². The van der Waals surface area contributed by atoms with E-state index in [1.54, 1.807) is 136 Å². The molecule has 28 heteroatoms. The van der Waals surface area contributed by atoms with Crippen molar-refractivity contribution in [3.63, 3.8) is 0 Å². The van der Waals surface area contributed by atoms with Gasteiger partial charge in [0.15, 0.2) is 12.2 Å². The van der Waals surface area contributed by atoms with Gasteiger partial charge >= 0.3 is 0 Å². The maximum atomic E-state index is 14.6. The Bertz CT molecular complexity index is 1910. The van der Waals surface area contributed by atoms with Gasteiger partial charge in [-0.3, -0.25) is 28.8 Å². The molecule has 2 aromatic rings. The number of halogens is 6. The number of likely N-dealkylation sites (N-methyl/N-ethyl adjacent to an activating group) is 2. The highest BCUT2D eigenvalue weighted by Gasteiger charge is 2.35. The summed E-state index contributed by atoms with van der Waals surface area (Å²) in [5, 5.41) is 103. The molecule has 0 aliphatic carbocycles. The molecule has 2 rings (SSSR count). The Morgan fingerprint density at radius 2 is 0.734 bits per heavy atom. The van der Waals surface area contributed by atoms with E-state index in [-0.39, 0.29) is 94.3 Å². The average molecular weight is 1580 g/mol. The van der Waals surface area contributed by atoms with Crippen LogP contribution >= 0.6 is 136 Å². The molecule has 22 nitrogen and oxygen atoms in total. The quantitative estimate of drug-likeness (QED) is 0.0553. The number of hydrogen-bond acceptors (Lipinski definition) is 16. The summed E-state index contributed by atoms with van der Waals surface area (Å²) in [6.45, 7) is -6.48.